The molecule has 2 aliphatic carbocycles. The number of piperidine rings is 1. The number of carbonyl (C=O) groups excluding carboxylic acids is 1. The number of anilines is 2. The molecule has 0 atom stereocenters. The molecule has 2 saturated carbocycles. The lowest BCUT2D eigenvalue weighted by molar-refractivity contribution is -0.122. The normalized spacial score (nSPS) is 19.9. The van der Waals surface area contributed by atoms with E-state index in [1.54, 1.807) is 6.33 Å². The highest BCUT2D eigenvalue weighted by Gasteiger charge is 2.35. The van der Waals surface area contributed by atoms with Crippen LogP contribution in [0, 0.1) is 11.8 Å². The Bertz CT molecular complexity index is 3100. The number of nitrogens with one attached hydrogen (secondary N) is 1. The number of hydrogen-bond acceptors (Lipinski definition) is 11. The van der Waals surface area contributed by atoms with Crippen molar-refractivity contribution in [3.63, 3.8) is 0 Å². The number of fused-ring (bicyclic) bond motifs is 2. The van der Waals surface area contributed by atoms with Crippen LogP contribution >= 0.6 is 0 Å². The molecule has 14 nitrogen and oxygen atoms in total. The van der Waals surface area contributed by atoms with Gasteiger partial charge in [-0.05, 0) is 129 Å². The van der Waals surface area contributed by atoms with Gasteiger partial charge in [0.15, 0.2) is 0 Å². The van der Waals surface area contributed by atoms with Crippen LogP contribution < -0.4 is 26.3 Å². The Labute approximate surface area is 421 Å². The average molecular weight is 964 g/mol. The summed E-state index contributed by atoms with van der Waals surface area (Å²) in [6, 6.07) is 37.5. The summed E-state index contributed by atoms with van der Waals surface area (Å²) in [4.78, 5) is 35.1. The zero-order valence-corrected chi connectivity index (χ0v) is 41.0. The van der Waals surface area contributed by atoms with E-state index in [-0.39, 0.29) is 5.91 Å². The summed E-state index contributed by atoms with van der Waals surface area (Å²) in [6.07, 6.45) is 16.9. The van der Waals surface area contributed by atoms with E-state index in [0.717, 1.165) is 105 Å². The average Bonchev–Trinajstić information content (AvgIpc) is 3.96. The van der Waals surface area contributed by atoms with Crippen LogP contribution in [0.5, 0.6) is 11.5 Å². The van der Waals surface area contributed by atoms with Crippen molar-refractivity contribution in [2.45, 2.75) is 76.7 Å². The minimum atomic E-state index is 0.143. The van der Waals surface area contributed by atoms with Crippen molar-refractivity contribution in [3.8, 4) is 33.8 Å². The lowest BCUT2D eigenvalue weighted by atomic mass is 9.79. The molecule has 5 N–H and O–H groups in total. The van der Waals surface area contributed by atoms with Gasteiger partial charge in [0.1, 0.15) is 60.3 Å². The maximum Gasteiger partial charge on any atom is 0.234 e. The first-order valence-electron chi connectivity index (χ1n) is 25.9. The fourth-order valence-electron chi connectivity index (χ4n) is 10.9. The molecule has 8 aromatic rings. The van der Waals surface area contributed by atoms with Gasteiger partial charge < -0.3 is 40.3 Å². The van der Waals surface area contributed by atoms with E-state index in [4.69, 9.17) is 20.9 Å². The summed E-state index contributed by atoms with van der Waals surface area (Å²) >= 11 is 0. The smallest absolute Gasteiger partial charge is 0.234 e. The number of ether oxygens (including phenoxy) is 2. The highest BCUT2D eigenvalue weighted by Crippen LogP contribution is 2.45. The molecule has 2 aliphatic heterocycles. The Morgan fingerprint density at radius 1 is 0.569 bits per heavy atom. The summed E-state index contributed by atoms with van der Waals surface area (Å²) in [5.74, 6) is 4.04. The van der Waals surface area contributed by atoms with Gasteiger partial charge in [0.25, 0.3) is 0 Å². The van der Waals surface area contributed by atoms with Crippen LogP contribution in [0.4, 0.5) is 11.6 Å². The number of nitrogen functional groups attached to an aromatic ring is 2. The number of hydrogen-bond donors (Lipinski definition) is 3. The van der Waals surface area contributed by atoms with E-state index in [1.807, 2.05) is 60.7 Å². The number of benzene rings is 4. The number of likely N-dealkylation sites (tertiary alicyclic amines) is 2. The molecule has 1 amide bonds. The third-order valence-electron chi connectivity index (χ3n) is 15.1. The van der Waals surface area contributed by atoms with Crippen molar-refractivity contribution in [3.05, 3.63) is 145 Å². The highest BCUT2D eigenvalue weighted by molar-refractivity contribution is 6.02. The first-order chi connectivity index (χ1) is 35.4. The number of aromatic nitrogens is 6. The molecule has 6 heterocycles. The number of nitrogens with two attached hydrogens (primary N) is 2. The Balaban J connectivity index is 0.000000158. The van der Waals surface area contributed by atoms with Crippen LogP contribution in [0.1, 0.15) is 74.6 Å². The molecule has 4 aromatic heterocycles. The van der Waals surface area contributed by atoms with E-state index < -0.39 is 0 Å². The summed E-state index contributed by atoms with van der Waals surface area (Å²) in [5, 5.41) is 4.97. The molecule has 0 unspecified atom stereocenters. The maximum absolute atomic E-state index is 12.4. The quantitative estimate of drug-likeness (QED) is 0.0844. The number of amides is 1. The Morgan fingerprint density at radius 2 is 1.07 bits per heavy atom. The summed E-state index contributed by atoms with van der Waals surface area (Å²) < 4.78 is 16.7. The lowest BCUT2D eigenvalue weighted by Crippen LogP contribution is -2.43. The Kier molecular flexibility index (Phi) is 14.1. The molecular weight excluding hydrogens is 899 g/mol. The molecule has 2 saturated heterocycles. The zero-order chi connectivity index (χ0) is 48.8. The Morgan fingerprint density at radius 3 is 1.57 bits per heavy atom. The molecule has 0 bridgehead atoms. The first-order valence-corrected chi connectivity index (χ1v) is 25.9. The minimum absolute atomic E-state index is 0.143. The third-order valence-corrected chi connectivity index (χ3v) is 15.1. The molecule has 4 aromatic carbocycles. The molecule has 4 aliphatic rings. The van der Waals surface area contributed by atoms with Crippen molar-refractivity contribution in [1.82, 2.24) is 44.2 Å². The molecular formula is C58H65N11O3. The van der Waals surface area contributed by atoms with E-state index in [1.165, 1.54) is 64.5 Å². The van der Waals surface area contributed by atoms with E-state index in [9.17, 15) is 4.79 Å². The van der Waals surface area contributed by atoms with Gasteiger partial charge in [-0.2, -0.15) is 0 Å². The van der Waals surface area contributed by atoms with Crippen molar-refractivity contribution < 1.29 is 14.3 Å². The molecule has 14 heteroatoms. The molecule has 12 rings (SSSR count). The summed E-state index contributed by atoms with van der Waals surface area (Å²) in [5.41, 5.74) is 21.0. The third kappa shape index (κ3) is 10.7. The van der Waals surface area contributed by atoms with Gasteiger partial charge in [-0.15, -0.1) is 0 Å². The second-order valence-corrected chi connectivity index (χ2v) is 20.2. The van der Waals surface area contributed by atoms with Crippen LogP contribution in [-0.4, -0.2) is 90.6 Å². The fraction of sp³-hybridized carbons (Fsp3) is 0.362. The topological polar surface area (TPSA) is 168 Å². The van der Waals surface area contributed by atoms with Crippen LogP contribution in [0.15, 0.2) is 134 Å². The minimum Gasteiger partial charge on any atom is -0.489 e. The predicted octanol–water partition coefficient (Wildman–Crippen LogP) is 9.73. The van der Waals surface area contributed by atoms with E-state index >= 15 is 0 Å². The second kappa shape index (κ2) is 21.6. The van der Waals surface area contributed by atoms with Gasteiger partial charge in [0.05, 0.1) is 17.3 Å². The van der Waals surface area contributed by atoms with Crippen LogP contribution in [0.3, 0.4) is 0 Å². The van der Waals surface area contributed by atoms with Gasteiger partial charge in [-0.3, -0.25) is 9.69 Å². The maximum atomic E-state index is 12.4. The van der Waals surface area contributed by atoms with Crippen molar-refractivity contribution in [1.29, 1.82) is 0 Å². The van der Waals surface area contributed by atoms with E-state index in [0.29, 0.717) is 49.4 Å². The van der Waals surface area contributed by atoms with Gasteiger partial charge in [-0.25, -0.2) is 19.9 Å². The van der Waals surface area contributed by atoms with Crippen molar-refractivity contribution in [2.24, 2.45) is 11.8 Å². The molecule has 0 radical (unpaired) electrons. The van der Waals surface area contributed by atoms with Crippen LogP contribution in [0.25, 0.3) is 44.3 Å². The summed E-state index contributed by atoms with van der Waals surface area (Å²) in [7, 11) is 0. The highest BCUT2D eigenvalue weighted by atomic mass is 16.5. The molecule has 4 fully saturated rings. The second-order valence-electron chi connectivity index (χ2n) is 20.2. The van der Waals surface area contributed by atoms with Gasteiger partial charge >= 0.3 is 0 Å². The standard InChI is InChI=1S/C31H36N6O2.C27H29N5O/c32-30-29-27(24-10-7-11-26(16-24)39-20-22-8-3-1-4-9-22)18-37(31(29)35-21-34-30)25-14-23(15-25)17-33-28(38)19-36-12-5-2-6-13-36;28-26-25-24(21-8-4-9-23(14-21)33-17-19-6-2-1-3-7-19)16-32(27(25)30-18-29-26)22-12-20(13-22)15-31-10-5-11-31/h1,3-4,7-11,16,18,21,23,25H,2,5-6,12-15,17,19-20H2,(H,33,38)(H2,32,34,35);1-4,6-9,14,16,18,20,22H,5,10-13,15,17H2,(H2,28,29,30). The van der Waals surface area contributed by atoms with Crippen LogP contribution in [-0.2, 0) is 18.0 Å². The van der Waals surface area contributed by atoms with Gasteiger partial charge in [0.2, 0.25) is 5.91 Å². The van der Waals surface area contributed by atoms with Crippen molar-refractivity contribution >= 4 is 39.6 Å². The fourth-order valence-corrected chi connectivity index (χ4v) is 10.9. The summed E-state index contributed by atoms with van der Waals surface area (Å²) in [6.45, 7) is 8.14. The predicted molar refractivity (Wildman–Crippen MR) is 284 cm³/mol. The zero-order valence-electron chi connectivity index (χ0n) is 41.0. The number of carbonyl (C=O) groups is 1. The molecule has 370 valence electrons. The van der Waals surface area contributed by atoms with Gasteiger partial charge in [-0.1, -0.05) is 91.3 Å². The van der Waals surface area contributed by atoms with E-state index in [2.05, 4.69) is 105 Å². The molecule has 72 heavy (non-hydrogen) atoms. The number of rotatable bonds is 16. The monoisotopic (exact) mass is 964 g/mol. The Hall–Kier alpha value is -7.29. The largest absolute Gasteiger partial charge is 0.489 e. The SMILES string of the molecule is Nc1ncnc2c1c(-c1cccc(OCc3ccccc3)c1)cn2C1CC(CN2CCC2)C1.Nc1ncnc2c1c(-c1cccc(OCc3ccccc3)c1)cn2C1CC(CNC(=O)CN2CCCCC2)C1. The first kappa shape index (κ1) is 47.1. The molecule has 0 spiro atoms. The van der Waals surface area contributed by atoms with Gasteiger partial charge in [0, 0.05) is 48.7 Å². The van der Waals surface area contributed by atoms with Crippen molar-refractivity contribution in [2.75, 3.05) is 57.3 Å². The lowest BCUT2D eigenvalue weighted by Gasteiger charge is -2.42. The number of nitrogens with zero attached hydrogens (tertiary/aromatic N) is 8. The van der Waals surface area contributed by atoms with Crippen LogP contribution in [0.2, 0.25) is 0 Å².